The highest BCUT2D eigenvalue weighted by Crippen LogP contribution is 2.49. The number of aromatic nitrogens is 4. The zero-order chi connectivity index (χ0) is 26.5. The lowest BCUT2D eigenvalue weighted by atomic mass is 10.0. The lowest BCUT2D eigenvalue weighted by molar-refractivity contribution is 0.0394. The summed E-state index contributed by atoms with van der Waals surface area (Å²) in [6.45, 7) is 5.35. The molecule has 4 aromatic carbocycles. The maximum absolute atomic E-state index is 6.66. The Hall–Kier alpha value is -4.66. The number of H-pyrrole nitrogens is 2. The van der Waals surface area contributed by atoms with E-state index in [1.54, 1.807) is 0 Å². The number of morpholine rings is 1. The van der Waals surface area contributed by atoms with Crippen molar-refractivity contribution in [2.75, 3.05) is 44.3 Å². The maximum atomic E-state index is 6.66. The first-order valence-corrected chi connectivity index (χ1v) is 13.7. The molecule has 1 saturated heterocycles. The summed E-state index contributed by atoms with van der Waals surface area (Å²) in [5, 5.41) is 16.6. The molecule has 0 saturated carbocycles. The van der Waals surface area contributed by atoms with Crippen LogP contribution >= 0.6 is 0 Å². The molecular weight excluding hydrogens is 500 g/mol. The summed E-state index contributed by atoms with van der Waals surface area (Å²) < 4.78 is 12.2. The van der Waals surface area contributed by atoms with Crippen LogP contribution in [0.15, 0.2) is 85.2 Å². The van der Waals surface area contributed by atoms with E-state index in [4.69, 9.17) is 9.47 Å². The first-order chi connectivity index (χ1) is 19.8. The van der Waals surface area contributed by atoms with Gasteiger partial charge in [-0.25, -0.2) is 0 Å². The number of nitrogens with one attached hydrogen (secondary N) is 2. The third-order valence-electron chi connectivity index (χ3n) is 8.01. The van der Waals surface area contributed by atoms with E-state index in [1.807, 2.05) is 12.4 Å². The monoisotopic (exact) mass is 528 g/mol. The standard InChI is InChI=1S/C32H28N6O2/c1-5-27-25(19-33-35-27)15-21(1)23-3-7-29-31(17-23)40-32-18-24(22-2-6-28-26(16-22)20-34-36-28)4-8-30(32)38(29)10-9-37-11-13-39-14-12-37/h1-8,15-20H,9-14H2,(H,33,35)(H,34,36). The second-order valence-electron chi connectivity index (χ2n) is 10.4. The molecule has 0 radical (unpaired) electrons. The normalized spacial score (nSPS) is 15.2. The van der Waals surface area contributed by atoms with Gasteiger partial charge in [0.1, 0.15) is 0 Å². The Balaban J connectivity index is 1.18. The van der Waals surface area contributed by atoms with Crippen molar-refractivity contribution < 1.29 is 9.47 Å². The Kier molecular flexibility index (Phi) is 5.53. The lowest BCUT2D eigenvalue weighted by Gasteiger charge is -2.35. The van der Waals surface area contributed by atoms with E-state index in [1.165, 1.54) is 0 Å². The van der Waals surface area contributed by atoms with Gasteiger partial charge >= 0.3 is 0 Å². The molecule has 8 rings (SSSR count). The van der Waals surface area contributed by atoms with E-state index in [2.05, 4.69) is 103 Å². The molecule has 2 N–H and O–H groups in total. The molecule has 2 aromatic heterocycles. The summed E-state index contributed by atoms with van der Waals surface area (Å²) in [6, 6.07) is 25.8. The number of hydrogen-bond donors (Lipinski definition) is 2. The van der Waals surface area contributed by atoms with Crippen LogP contribution in [0.25, 0.3) is 44.1 Å². The van der Waals surface area contributed by atoms with Crippen LogP contribution in [0.3, 0.4) is 0 Å². The molecule has 0 spiro atoms. The molecule has 0 aliphatic carbocycles. The number of anilines is 2. The molecule has 0 unspecified atom stereocenters. The third-order valence-corrected chi connectivity index (χ3v) is 8.01. The van der Waals surface area contributed by atoms with Gasteiger partial charge in [-0.15, -0.1) is 0 Å². The summed E-state index contributed by atoms with van der Waals surface area (Å²) in [5.74, 6) is 1.73. The van der Waals surface area contributed by atoms with Crippen LogP contribution in [0.2, 0.25) is 0 Å². The average Bonchev–Trinajstić information content (AvgIpc) is 3.68. The minimum absolute atomic E-state index is 0.797. The maximum Gasteiger partial charge on any atom is 0.151 e. The van der Waals surface area contributed by atoms with E-state index in [0.29, 0.717) is 0 Å². The van der Waals surface area contributed by atoms with Gasteiger partial charge in [0.15, 0.2) is 11.5 Å². The Morgan fingerprint density at radius 3 is 1.73 bits per heavy atom. The molecule has 0 amide bonds. The number of fused-ring (bicyclic) bond motifs is 4. The van der Waals surface area contributed by atoms with Crippen molar-refractivity contribution in [1.29, 1.82) is 0 Å². The largest absolute Gasteiger partial charge is 0.453 e. The first kappa shape index (κ1) is 23.2. The molecule has 8 nitrogen and oxygen atoms in total. The fourth-order valence-electron chi connectivity index (χ4n) is 5.80. The molecule has 40 heavy (non-hydrogen) atoms. The summed E-state index contributed by atoms with van der Waals surface area (Å²) in [6.07, 6.45) is 3.72. The van der Waals surface area contributed by atoms with Crippen LogP contribution < -0.4 is 9.64 Å². The van der Waals surface area contributed by atoms with Crippen molar-refractivity contribution in [1.82, 2.24) is 25.3 Å². The van der Waals surface area contributed by atoms with Gasteiger partial charge in [0.2, 0.25) is 0 Å². The molecule has 6 aromatic rings. The number of aromatic amines is 2. The summed E-state index contributed by atoms with van der Waals surface area (Å²) in [4.78, 5) is 4.87. The van der Waals surface area contributed by atoms with E-state index in [0.717, 1.165) is 106 Å². The second-order valence-corrected chi connectivity index (χ2v) is 10.4. The first-order valence-electron chi connectivity index (χ1n) is 13.7. The van der Waals surface area contributed by atoms with Crippen LogP contribution in [-0.2, 0) is 4.74 Å². The minimum Gasteiger partial charge on any atom is -0.453 e. The van der Waals surface area contributed by atoms with E-state index in [9.17, 15) is 0 Å². The number of rotatable bonds is 5. The fraction of sp³-hybridized carbons (Fsp3) is 0.188. The molecule has 4 heterocycles. The summed E-state index contributed by atoms with van der Waals surface area (Å²) >= 11 is 0. The molecule has 1 fully saturated rings. The van der Waals surface area contributed by atoms with Crippen LogP contribution in [-0.4, -0.2) is 64.7 Å². The molecule has 198 valence electrons. The molecule has 2 aliphatic rings. The van der Waals surface area contributed by atoms with Crippen molar-refractivity contribution in [3.05, 3.63) is 85.2 Å². The molecule has 2 aliphatic heterocycles. The minimum atomic E-state index is 0.797. The topological polar surface area (TPSA) is 82.3 Å². The summed E-state index contributed by atoms with van der Waals surface area (Å²) in [5.41, 5.74) is 8.72. The van der Waals surface area contributed by atoms with E-state index >= 15 is 0 Å². The van der Waals surface area contributed by atoms with Gasteiger partial charge in [0.05, 0.1) is 48.0 Å². The Labute approximate surface area is 231 Å². The summed E-state index contributed by atoms with van der Waals surface area (Å²) in [7, 11) is 0. The van der Waals surface area contributed by atoms with Crippen molar-refractivity contribution in [3.63, 3.8) is 0 Å². The van der Waals surface area contributed by atoms with Crippen LogP contribution in [0.5, 0.6) is 11.5 Å². The predicted octanol–water partition coefficient (Wildman–Crippen LogP) is 6.35. The van der Waals surface area contributed by atoms with Gasteiger partial charge < -0.3 is 14.4 Å². The highest BCUT2D eigenvalue weighted by atomic mass is 16.5. The van der Waals surface area contributed by atoms with Gasteiger partial charge in [-0.05, 0) is 70.8 Å². The van der Waals surface area contributed by atoms with E-state index < -0.39 is 0 Å². The molecule has 8 heteroatoms. The third kappa shape index (κ3) is 4.09. The lowest BCUT2D eigenvalue weighted by Crippen LogP contribution is -2.41. The number of hydrogen-bond acceptors (Lipinski definition) is 6. The van der Waals surface area contributed by atoms with Gasteiger partial charge in [-0.2, -0.15) is 10.2 Å². The fourth-order valence-corrected chi connectivity index (χ4v) is 5.80. The van der Waals surface area contributed by atoms with Gasteiger partial charge in [0.25, 0.3) is 0 Å². The van der Waals surface area contributed by atoms with Crippen LogP contribution in [0.4, 0.5) is 11.4 Å². The molecule has 0 atom stereocenters. The number of nitrogens with zero attached hydrogens (tertiary/aromatic N) is 4. The van der Waals surface area contributed by atoms with Gasteiger partial charge in [-0.1, -0.05) is 24.3 Å². The zero-order valence-electron chi connectivity index (χ0n) is 21.9. The number of benzene rings is 4. The van der Waals surface area contributed by atoms with Gasteiger partial charge in [-0.3, -0.25) is 15.1 Å². The number of ether oxygens (including phenoxy) is 2. The Bertz CT molecular complexity index is 1730. The Morgan fingerprint density at radius 1 is 0.625 bits per heavy atom. The predicted molar refractivity (Wildman–Crippen MR) is 157 cm³/mol. The van der Waals surface area contributed by atoms with E-state index in [-0.39, 0.29) is 0 Å². The molecule has 0 bridgehead atoms. The van der Waals surface area contributed by atoms with Crippen molar-refractivity contribution in [2.24, 2.45) is 0 Å². The van der Waals surface area contributed by atoms with Gasteiger partial charge in [0, 0.05) is 37.0 Å². The highest BCUT2D eigenvalue weighted by Gasteiger charge is 2.26. The second kappa shape index (κ2) is 9.51. The highest BCUT2D eigenvalue weighted by molar-refractivity contribution is 5.88. The van der Waals surface area contributed by atoms with Crippen molar-refractivity contribution >= 4 is 33.2 Å². The Morgan fingerprint density at radius 2 is 1.15 bits per heavy atom. The average molecular weight is 529 g/mol. The smallest absolute Gasteiger partial charge is 0.151 e. The van der Waals surface area contributed by atoms with Crippen LogP contribution in [0.1, 0.15) is 0 Å². The zero-order valence-corrected chi connectivity index (χ0v) is 21.9. The van der Waals surface area contributed by atoms with Crippen molar-refractivity contribution in [2.45, 2.75) is 0 Å². The van der Waals surface area contributed by atoms with Crippen molar-refractivity contribution in [3.8, 4) is 33.8 Å². The molecular formula is C32H28N6O2. The quantitative estimate of drug-likeness (QED) is 0.271. The van der Waals surface area contributed by atoms with Crippen LogP contribution in [0, 0.1) is 0 Å². The SMILES string of the molecule is c1cc2c(cc1-c1ccc3[nH]ncc3c1)Oc1cc(-c3ccc4[nH]ncc4c3)ccc1N2CCN1CCOCC1.